The molecular formula is C12H10N2O4. The van der Waals surface area contributed by atoms with E-state index >= 15 is 0 Å². The minimum absolute atomic E-state index is 0.0453. The highest BCUT2D eigenvalue weighted by atomic mass is 16.4. The molecule has 2 aromatic rings. The summed E-state index contributed by atoms with van der Waals surface area (Å²) in [6.07, 6.45) is 2.44. The fourth-order valence-corrected chi connectivity index (χ4v) is 1.40. The first-order chi connectivity index (χ1) is 8.65. The van der Waals surface area contributed by atoms with E-state index in [4.69, 9.17) is 9.52 Å². The number of rotatable bonds is 4. The number of carbonyl (C=O) groups excluding carboxylic acids is 1. The minimum atomic E-state index is -0.895. The molecule has 0 saturated carbocycles. The Kier molecular flexibility index (Phi) is 3.38. The van der Waals surface area contributed by atoms with E-state index in [0.717, 1.165) is 0 Å². The van der Waals surface area contributed by atoms with Crippen LogP contribution in [0.1, 0.15) is 16.1 Å². The Labute approximate surface area is 102 Å². The van der Waals surface area contributed by atoms with Gasteiger partial charge in [-0.2, -0.15) is 0 Å². The maximum Gasteiger partial charge on any atom is 0.307 e. The Morgan fingerprint density at radius 1 is 1.28 bits per heavy atom. The van der Waals surface area contributed by atoms with Crippen molar-refractivity contribution in [2.24, 2.45) is 0 Å². The SMILES string of the molecule is O=C(O)Cc1ccc(NC(=O)c2cnco2)cc1. The van der Waals surface area contributed by atoms with E-state index in [1.807, 2.05) is 0 Å². The average Bonchev–Trinajstić information content (AvgIpc) is 2.84. The smallest absolute Gasteiger partial charge is 0.307 e. The normalized spacial score (nSPS) is 10.0. The Bertz CT molecular complexity index is 546. The third-order valence-corrected chi connectivity index (χ3v) is 2.22. The number of hydrogen-bond acceptors (Lipinski definition) is 4. The van der Waals surface area contributed by atoms with Gasteiger partial charge in [0.15, 0.2) is 6.39 Å². The summed E-state index contributed by atoms with van der Waals surface area (Å²) in [5.74, 6) is -1.18. The third kappa shape index (κ3) is 2.94. The number of carboxylic acids is 1. The highest BCUT2D eigenvalue weighted by molar-refractivity contribution is 6.01. The number of hydrogen-bond donors (Lipinski definition) is 2. The van der Waals surface area contributed by atoms with Crippen molar-refractivity contribution in [1.82, 2.24) is 4.98 Å². The summed E-state index contributed by atoms with van der Waals surface area (Å²) in [5, 5.41) is 11.2. The predicted molar refractivity (Wildman–Crippen MR) is 62.2 cm³/mol. The molecule has 2 rings (SSSR count). The van der Waals surface area contributed by atoms with Gasteiger partial charge < -0.3 is 14.8 Å². The zero-order valence-electron chi connectivity index (χ0n) is 9.29. The highest BCUT2D eigenvalue weighted by Gasteiger charge is 2.09. The summed E-state index contributed by atoms with van der Waals surface area (Å²) in [6, 6.07) is 6.55. The number of anilines is 1. The highest BCUT2D eigenvalue weighted by Crippen LogP contribution is 2.11. The van der Waals surface area contributed by atoms with Crippen molar-refractivity contribution in [2.45, 2.75) is 6.42 Å². The molecule has 0 aliphatic heterocycles. The molecule has 0 saturated heterocycles. The van der Waals surface area contributed by atoms with Crippen LogP contribution in [-0.4, -0.2) is 22.0 Å². The number of aromatic nitrogens is 1. The second kappa shape index (κ2) is 5.13. The van der Waals surface area contributed by atoms with Gasteiger partial charge in [-0.25, -0.2) is 4.98 Å². The average molecular weight is 246 g/mol. The van der Waals surface area contributed by atoms with Crippen molar-refractivity contribution < 1.29 is 19.1 Å². The second-order valence-corrected chi connectivity index (χ2v) is 3.59. The van der Waals surface area contributed by atoms with Gasteiger partial charge in [0.25, 0.3) is 5.91 Å². The lowest BCUT2D eigenvalue weighted by atomic mass is 10.1. The summed E-state index contributed by atoms with van der Waals surface area (Å²) in [7, 11) is 0. The van der Waals surface area contributed by atoms with E-state index < -0.39 is 11.9 Å². The molecule has 1 aromatic carbocycles. The van der Waals surface area contributed by atoms with Gasteiger partial charge >= 0.3 is 5.97 Å². The van der Waals surface area contributed by atoms with E-state index in [-0.39, 0.29) is 12.2 Å². The number of nitrogens with one attached hydrogen (secondary N) is 1. The Morgan fingerprint density at radius 3 is 2.56 bits per heavy atom. The number of oxazole rings is 1. The first-order valence-corrected chi connectivity index (χ1v) is 5.16. The van der Waals surface area contributed by atoms with Gasteiger partial charge in [-0.05, 0) is 17.7 Å². The molecule has 0 bridgehead atoms. The molecule has 0 aliphatic carbocycles. The molecule has 1 aromatic heterocycles. The number of aliphatic carboxylic acids is 1. The summed E-state index contributed by atoms with van der Waals surface area (Å²) < 4.78 is 4.84. The van der Waals surface area contributed by atoms with Gasteiger partial charge in [0.05, 0.1) is 12.6 Å². The van der Waals surface area contributed by atoms with Crippen molar-refractivity contribution in [1.29, 1.82) is 0 Å². The molecule has 2 N–H and O–H groups in total. The van der Waals surface area contributed by atoms with Crippen molar-refractivity contribution in [3.63, 3.8) is 0 Å². The molecule has 0 spiro atoms. The summed E-state index contributed by atoms with van der Waals surface area (Å²) in [5.41, 5.74) is 1.23. The molecular weight excluding hydrogens is 236 g/mol. The number of carboxylic acid groups (broad SMARTS) is 1. The van der Waals surface area contributed by atoms with Crippen LogP contribution in [0.2, 0.25) is 0 Å². The molecule has 6 nitrogen and oxygen atoms in total. The van der Waals surface area contributed by atoms with Gasteiger partial charge in [0.2, 0.25) is 5.76 Å². The third-order valence-electron chi connectivity index (χ3n) is 2.22. The largest absolute Gasteiger partial charge is 0.481 e. The van der Waals surface area contributed by atoms with Crippen molar-refractivity contribution in [2.75, 3.05) is 5.32 Å². The standard InChI is InChI=1S/C12H10N2O4/c15-11(16)5-8-1-3-9(4-2-8)14-12(17)10-6-13-7-18-10/h1-4,6-7H,5H2,(H,14,17)(H,15,16). The van der Waals surface area contributed by atoms with Crippen LogP contribution in [0.3, 0.4) is 0 Å². The topological polar surface area (TPSA) is 92.4 Å². The maximum absolute atomic E-state index is 11.6. The van der Waals surface area contributed by atoms with Crippen LogP contribution >= 0.6 is 0 Å². The second-order valence-electron chi connectivity index (χ2n) is 3.59. The van der Waals surface area contributed by atoms with Gasteiger partial charge in [0.1, 0.15) is 0 Å². The zero-order chi connectivity index (χ0) is 13.0. The van der Waals surface area contributed by atoms with Crippen LogP contribution < -0.4 is 5.32 Å². The number of carbonyl (C=O) groups is 2. The lowest BCUT2D eigenvalue weighted by Crippen LogP contribution is -2.10. The molecule has 1 heterocycles. The van der Waals surface area contributed by atoms with Gasteiger partial charge in [-0.15, -0.1) is 0 Å². The molecule has 1 amide bonds. The van der Waals surface area contributed by atoms with Gasteiger partial charge in [0, 0.05) is 5.69 Å². The van der Waals surface area contributed by atoms with Crippen LogP contribution in [0.15, 0.2) is 41.3 Å². The van der Waals surface area contributed by atoms with Crippen molar-refractivity contribution in [3.05, 3.63) is 48.2 Å². The molecule has 0 fully saturated rings. The molecule has 0 unspecified atom stereocenters. The van der Waals surface area contributed by atoms with E-state index in [2.05, 4.69) is 10.3 Å². The molecule has 0 radical (unpaired) electrons. The number of benzene rings is 1. The summed E-state index contributed by atoms with van der Waals surface area (Å²) >= 11 is 0. The van der Waals surface area contributed by atoms with E-state index in [0.29, 0.717) is 11.3 Å². The minimum Gasteiger partial charge on any atom is -0.481 e. The molecule has 18 heavy (non-hydrogen) atoms. The van der Waals surface area contributed by atoms with Gasteiger partial charge in [-0.1, -0.05) is 12.1 Å². The lowest BCUT2D eigenvalue weighted by Gasteiger charge is -2.03. The van der Waals surface area contributed by atoms with Crippen molar-refractivity contribution in [3.8, 4) is 0 Å². The van der Waals surface area contributed by atoms with Crippen molar-refractivity contribution >= 4 is 17.6 Å². The summed E-state index contributed by atoms with van der Waals surface area (Å²) in [6.45, 7) is 0. The number of amides is 1. The van der Waals surface area contributed by atoms with E-state index in [9.17, 15) is 9.59 Å². The fourth-order valence-electron chi connectivity index (χ4n) is 1.40. The van der Waals surface area contributed by atoms with Crippen LogP contribution in [0.25, 0.3) is 0 Å². The first-order valence-electron chi connectivity index (χ1n) is 5.16. The molecule has 0 aliphatic rings. The first kappa shape index (κ1) is 11.8. The van der Waals surface area contributed by atoms with E-state index in [1.165, 1.54) is 12.6 Å². The van der Waals surface area contributed by atoms with Gasteiger partial charge in [-0.3, -0.25) is 9.59 Å². The maximum atomic E-state index is 11.6. The Balaban J connectivity index is 2.02. The summed E-state index contributed by atoms with van der Waals surface area (Å²) in [4.78, 5) is 25.7. The van der Waals surface area contributed by atoms with Crippen LogP contribution in [0.5, 0.6) is 0 Å². The number of nitrogens with zero attached hydrogens (tertiary/aromatic N) is 1. The van der Waals surface area contributed by atoms with Crippen LogP contribution in [0, 0.1) is 0 Å². The Morgan fingerprint density at radius 2 is 2.00 bits per heavy atom. The van der Waals surface area contributed by atoms with Crippen LogP contribution in [0.4, 0.5) is 5.69 Å². The zero-order valence-corrected chi connectivity index (χ0v) is 9.29. The predicted octanol–water partition coefficient (Wildman–Crippen LogP) is 1.55. The van der Waals surface area contributed by atoms with E-state index in [1.54, 1.807) is 24.3 Å². The monoisotopic (exact) mass is 246 g/mol. The Hall–Kier alpha value is -2.63. The molecule has 0 atom stereocenters. The quantitative estimate of drug-likeness (QED) is 0.853. The fraction of sp³-hybridized carbons (Fsp3) is 0.0833. The molecule has 92 valence electrons. The molecule has 6 heteroatoms. The van der Waals surface area contributed by atoms with Crippen LogP contribution in [-0.2, 0) is 11.2 Å². The lowest BCUT2D eigenvalue weighted by molar-refractivity contribution is -0.136.